The van der Waals surface area contributed by atoms with E-state index in [4.69, 9.17) is 28.4 Å². The van der Waals surface area contributed by atoms with Gasteiger partial charge in [-0.3, -0.25) is 0 Å². The lowest BCUT2D eigenvalue weighted by Crippen LogP contribution is -2.12. The van der Waals surface area contributed by atoms with E-state index >= 15 is 0 Å². The monoisotopic (exact) mass is 944 g/mol. The van der Waals surface area contributed by atoms with Crippen LogP contribution in [0.5, 0.6) is 34.5 Å². The van der Waals surface area contributed by atoms with Crippen molar-refractivity contribution >= 4 is 23.9 Å². The van der Waals surface area contributed by atoms with Crippen LogP contribution >= 0.6 is 0 Å². The lowest BCUT2D eigenvalue weighted by molar-refractivity contribution is 0.0719. The molecule has 0 N–H and O–H groups in total. The van der Waals surface area contributed by atoms with Crippen LogP contribution in [0, 0.1) is 5.82 Å². The molecule has 0 aliphatic carbocycles. The van der Waals surface area contributed by atoms with Gasteiger partial charge in [0.25, 0.3) is 0 Å². The molecule has 0 saturated carbocycles. The first-order valence-corrected chi connectivity index (χ1v) is 25.1. The van der Waals surface area contributed by atoms with Crippen LogP contribution in [0.15, 0.2) is 115 Å². The predicted molar refractivity (Wildman–Crippen MR) is 267 cm³/mol. The average Bonchev–Trinajstić information content (AvgIpc) is 3.35. The van der Waals surface area contributed by atoms with Crippen molar-refractivity contribution in [2.75, 3.05) is 13.2 Å². The molecule has 0 atom stereocenters. The summed E-state index contributed by atoms with van der Waals surface area (Å²) >= 11 is 0. The molecule has 10 nitrogen and oxygen atoms in total. The third-order valence-corrected chi connectivity index (χ3v) is 11.6. The van der Waals surface area contributed by atoms with E-state index in [0.717, 1.165) is 32.1 Å². The van der Waals surface area contributed by atoms with E-state index in [-0.39, 0.29) is 39.7 Å². The Balaban J connectivity index is 0.987. The van der Waals surface area contributed by atoms with E-state index in [1.165, 1.54) is 175 Å². The highest BCUT2D eigenvalue weighted by Crippen LogP contribution is 2.25. The summed E-state index contributed by atoms with van der Waals surface area (Å²) in [5.41, 5.74) is 0.458. The molecule has 368 valence electrons. The summed E-state index contributed by atoms with van der Waals surface area (Å²) < 4.78 is 48.4. The van der Waals surface area contributed by atoms with Gasteiger partial charge < -0.3 is 28.4 Å². The van der Waals surface area contributed by atoms with Crippen molar-refractivity contribution in [2.45, 2.75) is 142 Å². The Kier molecular flexibility index (Phi) is 23.9. The number of esters is 4. The fraction of sp³-hybridized carbons (Fsp3) is 0.414. The number of halogens is 1. The lowest BCUT2D eigenvalue weighted by atomic mass is 10.1. The number of ether oxygens (including phenoxy) is 6. The number of carbonyl (C=O) groups excluding carboxylic acids is 4. The van der Waals surface area contributed by atoms with Crippen molar-refractivity contribution in [2.24, 2.45) is 0 Å². The smallest absolute Gasteiger partial charge is 0.346 e. The van der Waals surface area contributed by atoms with Crippen LogP contribution in [-0.4, -0.2) is 37.1 Å². The number of hydrogen-bond donors (Lipinski definition) is 0. The number of carbonyl (C=O) groups is 4. The summed E-state index contributed by atoms with van der Waals surface area (Å²) in [5.74, 6) is -1.98. The van der Waals surface area contributed by atoms with Gasteiger partial charge in [0.1, 0.15) is 40.3 Å². The first-order valence-electron chi connectivity index (χ1n) is 25.1. The van der Waals surface area contributed by atoms with Gasteiger partial charge in [-0.15, -0.1) is 0 Å². The molecule has 5 rings (SSSR count). The minimum Gasteiger partial charge on any atom is -0.494 e. The van der Waals surface area contributed by atoms with Crippen molar-refractivity contribution in [3.63, 3.8) is 0 Å². The van der Waals surface area contributed by atoms with Gasteiger partial charge in [-0.2, -0.15) is 0 Å². The van der Waals surface area contributed by atoms with Crippen LogP contribution < -0.4 is 28.4 Å². The van der Waals surface area contributed by atoms with Crippen LogP contribution in [0.2, 0.25) is 0 Å². The summed E-state index contributed by atoms with van der Waals surface area (Å²) in [4.78, 5) is 51.6. The van der Waals surface area contributed by atoms with Crippen LogP contribution in [0.25, 0.3) is 0 Å². The Morgan fingerprint density at radius 2 is 0.681 bits per heavy atom. The predicted octanol–water partition coefficient (Wildman–Crippen LogP) is 15.3. The number of benzene rings is 5. The van der Waals surface area contributed by atoms with E-state index in [0.29, 0.717) is 30.3 Å². The fourth-order valence-corrected chi connectivity index (χ4v) is 7.58. The molecule has 0 heterocycles. The molecule has 0 fully saturated rings. The molecular weight excluding hydrogens is 876 g/mol. The third-order valence-electron chi connectivity index (χ3n) is 11.6. The van der Waals surface area contributed by atoms with Crippen LogP contribution in [0.3, 0.4) is 0 Å². The molecular formula is C58H69FO10. The Morgan fingerprint density at radius 1 is 0.348 bits per heavy atom. The molecule has 0 saturated heterocycles. The maximum absolute atomic E-state index is 14.9. The van der Waals surface area contributed by atoms with Crippen LogP contribution in [-0.2, 0) is 0 Å². The summed E-state index contributed by atoms with van der Waals surface area (Å²) in [5, 5.41) is 0. The molecule has 0 bridgehead atoms. The highest BCUT2D eigenvalue weighted by atomic mass is 19.1. The molecule has 0 aromatic heterocycles. The molecule has 69 heavy (non-hydrogen) atoms. The summed E-state index contributed by atoms with van der Waals surface area (Å²) in [7, 11) is 0. The van der Waals surface area contributed by atoms with Crippen molar-refractivity contribution in [3.8, 4) is 34.5 Å². The lowest BCUT2D eigenvalue weighted by Gasteiger charge is -2.10. The average molecular weight is 945 g/mol. The molecule has 0 amide bonds. The van der Waals surface area contributed by atoms with Crippen molar-refractivity contribution in [1.82, 2.24) is 0 Å². The Labute approximate surface area is 407 Å². The summed E-state index contributed by atoms with van der Waals surface area (Å²) in [6, 6.07) is 28.4. The normalized spacial score (nSPS) is 10.9. The van der Waals surface area contributed by atoms with E-state index in [1.54, 1.807) is 36.4 Å². The second-order valence-electron chi connectivity index (χ2n) is 17.3. The molecule has 0 radical (unpaired) electrons. The molecule has 0 aliphatic rings. The molecule has 0 spiro atoms. The van der Waals surface area contributed by atoms with E-state index in [2.05, 4.69) is 13.8 Å². The zero-order valence-corrected chi connectivity index (χ0v) is 40.5. The van der Waals surface area contributed by atoms with Gasteiger partial charge in [-0.1, -0.05) is 135 Å². The van der Waals surface area contributed by atoms with Crippen LogP contribution in [0.4, 0.5) is 4.39 Å². The minimum atomic E-state index is -0.896. The zero-order chi connectivity index (χ0) is 48.9. The molecule has 0 aliphatic heterocycles. The van der Waals surface area contributed by atoms with Gasteiger partial charge in [-0.05, 0) is 110 Å². The third kappa shape index (κ3) is 19.9. The van der Waals surface area contributed by atoms with Gasteiger partial charge in [0.15, 0.2) is 0 Å². The van der Waals surface area contributed by atoms with E-state index < -0.39 is 29.7 Å². The van der Waals surface area contributed by atoms with Gasteiger partial charge in [-0.25, -0.2) is 23.6 Å². The number of rotatable bonds is 32. The quantitative estimate of drug-likeness (QED) is 0.0234. The Bertz CT molecular complexity index is 2310. The molecule has 0 unspecified atom stereocenters. The van der Waals surface area contributed by atoms with Gasteiger partial charge >= 0.3 is 23.9 Å². The van der Waals surface area contributed by atoms with Crippen molar-refractivity contribution < 1.29 is 52.0 Å². The van der Waals surface area contributed by atoms with E-state index in [9.17, 15) is 23.6 Å². The highest BCUT2D eigenvalue weighted by Gasteiger charge is 2.18. The van der Waals surface area contributed by atoms with Gasteiger partial charge in [0.05, 0.1) is 35.5 Å². The summed E-state index contributed by atoms with van der Waals surface area (Å²) in [6.45, 7) is 5.57. The topological polar surface area (TPSA) is 124 Å². The second kappa shape index (κ2) is 30.8. The summed E-state index contributed by atoms with van der Waals surface area (Å²) in [6.07, 6.45) is 24.6. The van der Waals surface area contributed by atoms with Gasteiger partial charge in [0.2, 0.25) is 0 Å². The van der Waals surface area contributed by atoms with E-state index in [1.807, 2.05) is 0 Å². The molecule has 5 aromatic rings. The Hall–Kier alpha value is -6.49. The fourth-order valence-electron chi connectivity index (χ4n) is 7.58. The van der Waals surface area contributed by atoms with Crippen LogP contribution in [0.1, 0.15) is 184 Å². The van der Waals surface area contributed by atoms with Gasteiger partial charge in [0, 0.05) is 12.1 Å². The minimum absolute atomic E-state index is 0.0996. The highest BCUT2D eigenvalue weighted by molar-refractivity contribution is 5.94. The van der Waals surface area contributed by atoms with Crippen molar-refractivity contribution in [3.05, 3.63) is 143 Å². The number of unbranched alkanes of at least 4 members (excludes halogenated alkanes) is 18. The maximum Gasteiger partial charge on any atom is 0.346 e. The largest absolute Gasteiger partial charge is 0.494 e. The standard InChI is InChI=1S/C58H69FO10/c1-3-5-7-9-11-13-15-17-19-21-40-64-47-32-26-44(27-33-47)55(60)66-48-34-28-45(29-35-48)56(61)68-51-24-23-25-52(42-51)69-57(62)46-30-36-49(37-31-46)67-58(63)53-39-38-50(43-54(53)59)65-41-22-20-18-16-14-12-10-8-6-4-2/h23-39,42-43H,3-22,40-41H2,1-2H3. The second-order valence-corrected chi connectivity index (χ2v) is 17.3. The molecule has 11 heteroatoms. The maximum atomic E-state index is 14.9. The first-order chi connectivity index (χ1) is 33.7. The zero-order valence-electron chi connectivity index (χ0n) is 40.5. The number of hydrogen-bond acceptors (Lipinski definition) is 10. The SMILES string of the molecule is CCCCCCCCCCCCOc1ccc(C(=O)Oc2ccc(C(=O)Oc3cccc(OC(=O)c4ccc(OC(=O)c5ccc(OCCCCCCCCCCCC)cc5F)cc4)c3)cc2)cc1. The van der Waals surface area contributed by atoms with Crippen molar-refractivity contribution in [1.29, 1.82) is 0 Å². The Morgan fingerprint density at radius 3 is 1.09 bits per heavy atom. The molecule has 5 aromatic carbocycles. The first kappa shape index (κ1) is 53.5.